The Kier molecular flexibility index (Phi) is 5.02. The van der Waals surface area contributed by atoms with E-state index in [1.807, 2.05) is 0 Å². The zero-order valence-corrected chi connectivity index (χ0v) is 10.6. The van der Waals surface area contributed by atoms with Gasteiger partial charge in [-0.15, -0.1) is 12.4 Å². The molecule has 16 heavy (non-hydrogen) atoms. The maximum atomic E-state index is 11.6. The molecule has 1 saturated carbocycles. The molecule has 94 valence electrons. The minimum Gasteiger partial charge on any atom is -0.352 e. The first kappa shape index (κ1) is 13.7. The minimum absolute atomic E-state index is 0. The summed E-state index contributed by atoms with van der Waals surface area (Å²) in [5.74, 6) is 0.760. The zero-order chi connectivity index (χ0) is 10.8. The van der Waals surface area contributed by atoms with Gasteiger partial charge in [0.2, 0.25) is 5.91 Å². The lowest BCUT2D eigenvalue weighted by atomic mass is 10.1. The van der Waals surface area contributed by atoms with Crippen LogP contribution in [0, 0.1) is 5.92 Å². The molecule has 1 heterocycles. The molecule has 0 aromatic heterocycles. The standard InChI is InChI=1S/C11H21N3O.ClH/c1-8-4-9(5-12)6-14(8)7-11(15)13-10-2-3-10;/h8-10H,2-7,12H2,1H3,(H,13,15);1H. The molecule has 0 spiro atoms. The molecule has 2 atom stereocenters. The van der Waals surface area contributed by atoms with Crippen molar-refractivity contribution in [3.8, 4) is 0 Å². The number of nitrogens with one attached hydrogen (secondary N) is 1. The highest BCUT2D eigenvalue weighted by Gasteiger charge is 2.30. The van der Waals surface area contributed by atoms with Crippen LogP contribution in [0.15, 0.2) is 0 Å². The SMILES string of the molecule is CC1CC(CN)CN1CC(=O)NC1CC1.Cl. The number of carbonyl (C=O) groups is 1. The van der Waals surface area contributed by atoms with Gasteiger partial charge in [-0.25, -0.2) is 0 Å². The van der Waals surface area contributed by atoms with Crippen LogP contribution in [0.1, 0.15) is 26.2 Å². The molecule has 2 unspecified atom stereocenters. The second-order valence-corrected chi connectivity index (χ2v) is 4.96. The molecule has 1 amide bonds. The van der Waals surface area contributed by atoms with Crippen LogP contribution in [0.3, 0.4) is 0 Å². The first-order chi connectivity index (χ1) is 7.19. The van der Waals surface area contributed by atoms with Gasteiger partial charge in [0.1, 0.15) is 0 Å². The van der Waals surface area contributed by atoms with E-state index < -0.39 is 0 Å². The van der Waals surface area contributed by atoms with E-state index in [-0.39, 0.29) is 18.3 Å². The molecule has 5 heteroatoms. The Balaban J connectivity index is 0.00000128. The summed E-state index contributed by atoms with van der Waals surface area (Å²) in [4.78, 5) is 13.9. The molecule has 0 aromatic carbocycles. The second kappa shape index (κ2) is 5.84. The third-order valence-corrected chi connectivity index (χ3v) is 3.41. The Hall–Kier alpha value is -0.320. The van der Waals surface area contributed by atoms with E-state index in [9.17, 15) is 4.79 Å². The molecule has 0 radical (unpaired) electrons. The molecule has 0 aromatic rings. The van der Waals surface area contributed by atoms with Crippen molar-refractivity contribution in [2.24, 2.45) is 11.7 Å². The topological polar surface area (TPSA) is 58.4 Å². The lowest BCUT2D eigenvalue weighted by Gasteiger charge is -2.20. The minimum atomic E-state index is 0. The van der Waals surface area contributed by atoms with E-state index in [4.69, 9.17) is 5.73 Å². The van der Waals surface area contributed by atoms with Crippen LogP contribution in [0.2, 0.25) is 0 Å². The lowest BCUT2D eigenvalue weighted by molar-refractivity contribution is -0.122. The molecule has 2 fully saturated rings. The van der Waals surface area contributed by atoms with Gasteiger partial charge in [0.05, 0.1) is 6.54 Å². The summed E-state index contributed by atoms with van der Waals surface area (Å²) in [6, 6.07) is 0.976. The predicted octanol–water partition coefficient (Wildman–Crippen LogP) is 0.356. The monoisotopic (exact) mass is 247 g/mol. The van der Waals surface area contributed by atoms with E-state index in [2.05, 4.69) is 17.1 Å². The van der Waals surface area contributed by atoms with E-state index in [0.29, 0.717) is 24.5 Å². The molecule has 3 N–H and O–H groups in total. The number of carbonyl (C=O) groups excluding carboxylic acids is 1. The number of rotatable bonds is 4. The molecule has 4 nitrogen and oxygen atoms in total. The average Bonchev–Trinajstić information content (AvgIpc) is 2.92. The highest BCUT2D eigenvalue weighted by atomic mass is 35.5. The average molecular weight is 248 g/mol. The molecule has 0 bridgehead atoms. The first-order valence-electron chi connectivity index (χ1n) is 5.92. The predicted molar refractivity (Wildman–Crippen MR) is 66.6 cm³/mol. The van der Waals surface area contributed by atoms with E-state index in [1.165, 1.54) is 0 Å². The summed E-state index contributed by atoms with van der Waals surface area (Å²) in [7, 11) is 0. The fourth-order valence-corrected chi connectivity index (χ4v) is 2.29. The number of nitrogens with two attached hydrogens (primary N) is 1. The van der Waals surface area contributed by atoms with Gasteiger partial charge in [0.25, 0.3) is 0 Å². The van der Waals surface area contributed by atoms with E-state index in [0.717, 1.165) is 32.4 Å². The smallest absolute Gasteiger partial charge is 0.234 e. The van der Waals surface area contributed by atoms with E-state index in [1.54, 1.807) is 0 Å². The third kappa shape index (κ3) is 3.61. The van der Waals surface area contributed by atoms with Crippen molar-refractivity contribution in [2.75, 3.05) is 19.6 Å². The normalized spacial score (nSPS) is 29.9. The molecule has 1 saturated heterocycles. The molecule has 1 aliphatic heterocycles. The van der Waals surface area contributed by atoms with Crippen molar-refractivity contribution < 1.29 is 4.79 Å². The fourth-order valence-electron chi connectivity index (χ4n) is 2.29. The van der Waals surface area contributed by atoms with Crippen molar-refractivity contribution in [1.29, 1.82) is 0 Å². The molecular weight excluding hydrogens is 226 g/mol. The van der Waals surface area contributed by atoms with Crippen molar-refractivity contribution in [1.82, 2.24) is 10.2 Å². The summed E-state index contributed by atoms with van der Waals surface area (Å²) in [6.07, 6.45) is 3.45. The Bertz CT molecular complexity index is 245. The van der Waals surface area contributed by atoms with Crippen molar-refractivity contribution in [3.63, 3.8) is 0 Å². The van der Waals surface area contributed by atoms with Crippen molar-refractivity contribution in [3.05, 3.63) is 0 Å². The van der Waals surface area contributed by atoms with Crippen LogP contribution in [0.4, 0.5) is 0 Å². The summed E-state index contributed by atoms with van der Waals surface area (Å²) >= 11 is 0. The number of hydrogen-bond acceptors (Lipinski definition) is 3. The molecular formula is C11H22ClN3O. The van der Waals surface area contributed by atoms with Gasteiger partial charge in [0, 0.05) is 18.6 Å². The maximum absolute atomic E-state index is 11.6. The first-order valence-corrected chi connectivity index (χ1v) is 5.92. The highest BCUT2D eigenvalue weighted by Crippen LogP contribution is 2.22. The van der Waals surface area contributed by atoms with Crippen LogP contribution >= 0.6 is 12.4 Å². The maximum Gasteiger partial charge on any atom is 0.234 e. The fraction of sp³-hybridized carbons (Fsp3) is 0.909. The van der Waals surface area contributed by atoms with Crippen LogP contribution < -0.4 is 11.1 Å². The number of amides is 1. The Morgan fingerprint density at radius 2 is 2.19 bits per heavy atom. The van der Waals surface area contributed by atoms with Gasteiger partial charge in [-0.1, -0.05) is 0 Å². The second-order valence-electron chi connectivity index (χ2n) is 4.96. The third-order valence-electron chi connectivity index (χ3n) is 3.41. The van der Waals surface area contributed by atoms with Crippen LogP contribution in [-0.4, -0.2) is 42.5 Å². The molecule has 2 rings (SSSR count). The van der Waals surface area contributed by atoms with Crippen LogP contribution in [-0.2, 0) is 4.79 Å². The zero-order valence-electron chi connectivity index (χ0n) is 9.82. The Labute approximate surface area is 103 Å². The molecule has 1 aliphatic carbocycles. The van der Waals surface area contributed by atoms with Gasteiger partial charge in [-0.2, -0.15) is 0 Å². The number of nitrogens with zero attached hydrogens (tertiary/aromatic N) is 1. The highest BCUT2D eigenvalue weighted by molar-refractivity contribution is 5.85. The van der Waals surface area contributed by atoms with E-state index >= 15 is 0 Å². The Morgan fingerprint density at radius 1 is 1.50 bits per heavy atom. The number of hydrogen-bond donors (Lipinski definition) is 2. The summed E-state index contributed by atoms with van der Waals surface area (Å²) in [6.45, 7) is 4.45. The summed E-state index contributed by atoms with van der Waals surface area (Å²) in [5.41, 5.74) is 5.65. The van der Waals surface area contributed by atoms with Crippen LogP contribution in [0.25, 0.3) is 0 Å². The summed E-state index contributed by atoms with van der Waals surface area (Å²) < 4.78 is 0. The van der Waals surface area contributed by atoms with Gasteiger partial charge in [-0.05, 0) is 38.6 Å². The quantitative estimate of drug-likeness (QED) is 0.754. The number of halogens is 1. The number of likely N-dealkylation sites (tertiary alicyclic amines) is 1. The van der Waals surface area contributed by atoms with Gasteiger partial charge in [-0.3, -0.25) is 9.69 Å². The largest absolute Gasteiger partial charge is 0.352 e. The van der Waals surface area contributed by atoms with Gasteiger partial charge >= 0.3 is 0 Å². The van der Waals surface area contributed by atoms with Gasteiger partial charge in [0.15, 0.2) is 0 Å². The van der Waals surface area contributed by atoms with Crippen molar-refractivity contribution in [2.45, 2.75) is 38.3 Å². The van der Waals surface area contributed by atoms with Crippen molar-refractivity contribution >= 4 is 18.3 Å². The van der Waals surface area contributed by atoms with Crippen LogP contribution in [0.5, 0.6) is 0 Å². The Morgan fingerprint density at radius 3 is 2.69 bits per heavy atom. The lowest BCUT2D eigenvalue weighted by Crippen LogP contribution is -2.39. The van der Waals surface area contributed by atoms with Gasteiger partial charge < -0.3 is 11.1 Å². The molecule has 2 aliphatic rings. The summed E-state index contributed by atoms with van der Waals surface area (Å²) in [5, 5.41) is 3.02.